The Kier molecular flexibility index (Phi) is 5.44. The van der Waals surface area contributed by atoms with E-state index < -0.39 is 0 Å². The van der Waals surface area contributed by atoms with Gasteiger partial charge in [-0.1, -0.05) is 35.5 Å². The Hall–Kier alpha value is -3.55. The van der Waals surface area contributed by atoms with Crippen molar-refractivity contribution in [3.05, 3.63) is 70.0 Å². The second-order valence-electron chi connectivity index (χ2n) is 8.84. The van der Waals surface area contributed by atoms with Crippen molar-refractivity contribution in [2.75, 3.05) is 11.4 Å². The molecule has 0 N–H and O–H groups in total. The average Bonchev–Trinajstić information content (AvgIpc) is 3.50. The fourth-order valence-electron chi connectivity index (χ4n) is 4.82. The van der Waals surface area contributed by atoms with Gasteiger partial charge in [0.15, 0.2) is 5.82 Å². The summed E-state index contributed by atoms with van der Waals surface area (Å²) in [5.41, 5.74) is 4.33. The van der Waals surface area contributed by atoms with E-state index in [-0.39, 0.29) is 24.3 Å². The van der Waals surface area contributed by atoms with E-state index >= 15 is 0 Å². The number of carbonyl (C=O) groups is 2. The van der Waals surface area contributed by atoms with Crippen LogP contribution in [0.3, 0.4) is 0 Å². The maximum Gasteiger partial charge on any atom is 0.233 e. The number of rotatable bonds is 5. The first kappa shape index (κ1) is 21.3. The van der Waals surface area contributed by atoms with Gasteiger partial charge in [0.1, 0.15) is 11.6 Å². The first-order chi connectivity index (χ1) is 15.9. The normalized spacial score (nSPS) is 17.7. The van der Waals surface area contributed by atoms with Crippen LogP contribution in [0.4, 0.5) is 5.82 Å². The van der Waals surface area contributed by atoms with Gasteiger partial charge in [0.05, 0.1) is 31.1 Å². The van der Waals surface area contributed by atoms with Crippen LogP contribution < -0.4 is 4.90 Å². The lowest BCUT2D eigenvalue weighted by Crippen LogP contribution is -2.33. The highest BCUT2D eigenvalue weighted by atomic mass is 16.5. The largest absolute Gasteiger partial charge is 0.361 e. The van der Waals surface area contributed by atoms with E-state index in [9.17, 15) is 9.59 Å². The molecule has 0 radical (unpaired) electrons. The van der Waals surface area contributed by atoms with Crippen LogP contribution in [0.15, 0.2) is 34.9 Å². The minimum atomic E-state index is -0.198. The number of carbonyl (C=O) groups excluding carboxylic acids is 2. The van der Waals surface area contributed by atoms with Crippen molar-refractivity contribution in [2.24, 2.45) is 0 Å². The van der Waals surface area contributed by atoms with Gasteiger partial charge in [-0.05, 0) is 39.2 Å². The number of likely N-dealkylation sites (tertiary alicyclic amines) is 1. The van der Waals surface area contributed by atoms with E-state index in [2.05, 4.69) is 5.16 Å². The van der Waals surface area contributed by atoms with E-state index in [1.54, 1.807) is 4.90 Å². The van der Waals surface area contributed by atoms with Crippen molar-refractivity contribution in [2.45, 2.75) is 59.0 Å². The van der Waals surface area contributed by atoms with Crippen LogP contribution in [0, 0.1) is 20.8 Å². The molecular formula is C25H27N5O3. The Balaban J connectivity index is 1.43. The predicted molar refractivity (Wildman–Crippen MR) is 121 cm³/mol. The smallest absolute Gasteiger partial charge is 0.233 e. The minimum Gasteiger partial charge on any atom is -0.361 e. The summed E-state index contributed by atoms with van der Waals surface area (Å²) in [6, 6.07) is 9.71. The van der Waals surface area contributed by atoms with Gasteiger partial charge in [-0.2, -0.15) is 0 Å². The second kappa shape index (κ2) is 8.42. The number of benzene rings is 1. The molecule has 170 valence electrons. The predicted octanol–water partition coefficient (Wildman–Crippen LogP) is 3.39. The van der Waals surface area contributed by atoms with Crippen molar-refractivity contribution in [3.8, 4) is 0 Å². The third-order valence-electron chi connectivity index (χ3n) is 6.66. The van der Waals surface area contributed by atoms with Gasteiger partial charge >= 0.3 is 0 Å². The molecule has 8 heteroatoms. The highest BCUT2D eigenvalue weighted by Crippen LogP contribution is 2.36. The van der Waals surface area contributed by atoms with Gasteiger partial charge < -0.3 is 9.42 Å². The molecule has 33 heavy (non-hydrogen) atoms. The molecule has 3 aromatic rings. The fraction of sp³-hybridized carbons (Fsp3) is 0.400. The summed E-state index contributed by atoms with van der Waals surface area (Å²) in [7, 11) is 0. The monoisotopic (exact) mass is 445 g/mol. The van der Waals surface area contributed by atoms with Crippen molar-refractivity contribution in [3.63, 3.8) is 0 Å². The molecule has 2 aromatic heterocycles. The number of aryl methyl sites for hydroxylation is 3. The Bertz CT molecular complexity index is 1200. The van der Waals surface area contributed by atoms with Gasteiger partial charge in [-0.25, -0.2) is 9.97 Å². The van der Waals surface area contributed by atoms with E-state index in [1.807, 2.05) is 56.0 Å². The van der Waals surface area contributed by atoms with Crippen molar-refractivity contribution >= 4 is 17.6 Å². The summed E-state index contributed by atoms with van der Waals surface area (Å²) in [6.45, 7) is 6.75. The van der Waals surface area contributed by atoms with E-state index in [0.717, 1.165) is 40.9 Å². The third-order valence-corrected chi connectivity index (χ3v) is 6.66. The SMILES string of the molecule is Cc1nc([C@@H]2CCCN2C(=O)Cc2c(C)noc2C)nc2c1CC(=O)N2Cc1ccccc1. The topological polar surface area (TPSA) is 92.4 Å². The van der Waals surface area contributed by atoms with Gasteiger partial charge in [-0.3, -0.25) is 14.5 Å². The van der Waals surface area contributed by atoms with Crippen molar-refractivity contribution in [1.29, 1.82) is 0 Å². The van der Waals surface area contributed by atoms with Gasteiger partial charge in [-0.15, -0.1) is 0 Å². The Labute approximate surface area is 192 Å². The van der Waals surface area contributed by atoms with E-state index in [0.29, 0.717) is 36.9 Å². The number of fused-ring (bicyclic) bond motifs is 1. The standard InChI is InChI=1S/C25H27N5O3/c1-15-20-13-23(32)30(14-18-8-5-4-6-9-18)25(20)27-24(26-15)21-10-7-11-29(21)22(31)12-19-16(2)28-33-17(19)3/h4-6,8-9,21H,7,10-14H2,1-3H3/t21-/m0/s1. The molecule has 0 aliphatic carbocycles. The quantitative estimate of drug-likeness (QED) is 0.598. The summed E-state index contributed by atoms with van der Waals surface area (Å²) in [5, 5.41) is 3.97. The van der Waals surface area contributed by atoms with Gasteiger partial charge in [0, 0.05) is 23.4 Å². The van der Waals surface area contributed by atoms with Gasteiger partial charge in [0.2, 0.25) is 11.8 Å². The Morgan fingerprint density at radius 1 is 1.12 bits per heavy atom. The zero-order valence-corrected chi connectivity index (χ0v) is 19.2. The maximum atomic E-state index is 13.2. The summed E-state index contributed by atoms with van der Waals surface area (Å²) in [4.78, 5) is 39.2. The van der Waals surface area contributed by atoms with Crippen molar-refractivity contribution in [1.82, 2.24) is 20.0 Å². The fourth-order valence-corrected chi connectivity index (χ4v) is 4.82. The molecule has 2 amide bonds. The van der Waals surface area contributed by atoms with Crippen LogP contribution in [0.5, 0.6) is 0 Å². The molecule has 2 aliphatic heterocycles. The molecular weight excluding hydrogens is 418 g/mol. The maximum absolute atomic E-state index is 13.2. The molecule has 0 unspecified atom stereocenters. The first-order valence-electron chi connectivity index (χ1n) is 11.3. The highest BCUT2D eigenvalue weighted by molar-refractivity contribution is 6.00. The summed E-state index contributed by atoms with van der Waals surface area (Å²) in [6.07, 6.45) is 2.26. The highest BCUT2D eigenvalue weighted by Gasteiger charge is 2.36. The third kappa shape index (κ3) is 3.90. The number of anilines is 1. The molecule has 1 atom stereocenters. The van der Waals surface area contributed by atoms with Crippen LogP contribution in [0.1, 0.15) is 58.5 Å². The molecule has 5 rings (SSSR count). The molecule has 2 aliphatic rings. The Morgan fingerprint density at radius 3 is 2.64 bits per heavy atom. The second-order valence-corrected chi connectivity index (χ2v) is 8.84. The minimum absolute atomic E-state index is 0.0193. The lowest BCUT2D eigenvalue weighted by Gasteiger charge is -2.25. The number of amides is 2. The van der Waals surface area contributed by atoms with Crippen LogP contribution in [-0.4, -0.2) is 38.4 Å². The first-order valence-corrected chi connectivity index (χ1v) is 11.3. The molecule has 1 fully saturated rings. The van der Waals surface area contributed by atoms with E-state index in [4.69, 9.17) is 14.5 Å². The number of aromatic nitrogens is 3. The molecule has 0 saturated carbocycles. The average molecular weight is 446 g/mol. The summed E-state index contributed by atoms with van der Waals surface area (Å²) < 4.78 is 5.22. The lowest BCUT2D eigenvalue weighted by atomic mass is 10.1. The number of hydrogen-bond acceptors (Lipinski definition) is 6. The molecule has 0 spiro atoms. The van der Waals surface area contributed by atoms with Crippen LogP contribution in [-0.2, 0) is 29.0 Å². The van der Waals surface area contributed by atoms with Gasteiger partial charge in [0.25, 0.3) is 0 Å². The van der Waals surface area contributed by atoms with E-state index in [1.165, 1.54) is 0 Å². The van der Waals surface area contributed by atoms with Crippen molar-refractivity contribution < 1.29 is 14.1 Å². The molecule has 1 aromatic carbocycles. The molecule has 8 nitrogen and oxygen atoms in total. The lowest BCUT2D eigenvalue weighted by molar-refractivity contribution is -0.131. The number of nitrogens with zero attached hydrogens (tertiary/aromatic N) is 5. The summed E-state index contributed by atoms with van der Waals surface area (Å²) >= 11 is 0. The van der Waals surface area contributed by atoms with Crippen LogP contribution in [0.2, 0.25) is 0 Å². The van der Waals surface area contributed by atoms with Crippen LogP contribution in [0.25, 0.3) is 0 Å². The zero-order valence-electron chi connectivity index (χ0n) is 19.2. The number of hydrogen-bond donors (Lipinski definition) is 0. The molecule has 0 bridgehead atoms. The zero-order chi connectivity index (χ0) is 23.1. The molecule has 4 heterocycles. The van der Waals surface area contributed by atoms with Crippen LogP contribution >= 0.6 is 0 Å². The summed E-state index contributed by atoms with van der Waals surface area (Å²) in [5.74, 6) is 2.02. The molecule has 1 saturated heterocycles. The Morgan fingerprint density at radius 2 is 1.91 bits per heavy atom.